The van der Waals surface area contributed by atoms with Crippen molar-refractivity contribution in [3.8, 4) is 0 Å². The highest BCUT2D eigenvalue weighted by Crippen LogP contribution is 2.35. The predicted octanol–water partition coefficient (Wildman–Crippen LogP) is 2.96. The van der Waals surface area contributed by atoms with Crippen LogP contribution in [0.25, 0.3) is 0 Å². The number of hydrogen-bond donors (Lipinski definition) is 0. The summed E-state index contributed by atoms with van der Waals surface area (Å²) in [6.07, 6.45) is -2.36. The maximum atomic E-state index is 12.3. The highest BCUT2D eigenvalue weighted by atomic mass is 16.8. The molecule has 32 heavy (non-hydrogen) atoms. The number of carbonyl (C=O) groups excluding carboxylic acids is 2. The molecular formula is C24H26O8. The van der Waals surface area contributed by atoms with Crippen molar-refractivity contribution in [2.75, 3.05) is 20.0 Å². The van der Waals surface area contributed by atoms with E-state index in [1.54, 1.807) is 62.4 Å². The van der Waals surface area contributed by atoms with E-state index in [4.69, 9.17) is 28.4 Å². The van der Waals surface area contributed by atoms with E-state index in [2.05, 4.69) is 0 Å². The van der Waals surface area contributed by atoms with Crippen LogP contribution in [0.4, 0.5) is 0 Å². The van der Waals surface area contributed by atoms with Gasteiger partial charge in [0, 0.05) is 0 Å². The second kappa shape index (κ2) is 9.79. The van der Waals surface area contributed by atoms with Crippen molar-refractivity contribution in [2.24, 2.45) is 0 Å². The summed E-state index contributed by atoms with van der Waals surface area (Å²) in [6, 6.07) is 17.4. The third kappa shape index (κ3) is 5.34. The summed E-state index contributed by atoms with van der Waals surface area (Å²) in [5, 5.41) is 0. The van der Waals surface area contributed by atoms with Gasteiger partial charge in [0.05, 0.1) is 11.1 Å². The Morgan fingerprint density at radius 3 is 1.59 bits per heavy atom. The van der Waals surface area contributed by atoms with E-state index < -0.39 is 42.1 Å². The second-order valence-electron chi connectivity index (χ2n) is 8.02. The fourth-order valence-electron chi connectivity index (χ4n) is 3.71. The van der Waals surface area contributed by atoms with Gasteiger partial charge in [-0.2, -0.15) is 0 Å². The van der Waals surface area contributed by atoms with Crippen molar-refractivity contribution in [2.45, 2.75) is 44.1 Å². The van der Waals surface area contributed by atoms with Gasteiger partial charge in [-0.3, -0.25) is 0 Å². The zero-order valence-corrected chi connectivity index (χ0v) is 18.0. The van der Waals surface area contributed by atoms with Gasteiger partial charge in [0.25, 0.3) is 0 Å². The van der Waals surface area contributed by atoms with E-state index >= 15 is 0 Å². The number of fused-ring (bicyclic) bond motifs is 1. The minimum absolute atomic E-state index is 0.0335. The number of esters is 2. The molecule has 8 nitrogen and oxygen atoms in total. The first kappa shape index (κ1) is 22.4. The van der Waals surface area contributed by atoms with Gasteiger partial charge in [-0.05, 0) is 38.1 Å². The molecule has 2 fully saturated rings. The molecule has 0 aliphatic carbocycles. The van der Waals surface area contributed by atoms with Crippen LogP contribution in [0.2, 0.25) is 0 Å². The Kier molecular flexibility index (Phi) is 6.86. The highest BCUT2D eigenvalue weighted by molar-refractivity contribution is 5.89. The predicted molar refractivity (Wildman–Crippen MR) is 112 cm³/mol. The molecule has 2 aliphatic rings. The minimum Gasteiger partial charge on any atom is -0.459 e. The molecular weight excluding hydrogens is 416 g/mol. The molecule has 0 aromatic heterocycles. The van der Waals surface area contributed by atoms with Crippen LogP contribution in [-0.4, -0.2) is 62.1 Å². The number of carbonyl (C=O) groups is 2. The van der Waals surface area contributed by atoms with Gasteiger partial charge >= 0.3 is 11.9 Å². The van der Waals surface area contributed by atoms with Crippen LogP contribution in [0.1, 0.15) is 34.6 Å². The summed E-state index contributed by atoms with van der Waals surface area (Å²) in [7, 11) is 0. The number of hydrogen-bond acceptors (Lipinski definition) is 8. The normalized spacial score (nSPS) is 26.6. The first-order valence-electron chi connectivity index (χ1n) is 10.5. The first-order chi connectivity index (χ1) is 15.4. The quantitative estimate of drug-likeness (QED) is 0.631. The van der Waals surface area contributed by atoms with Crippen molar-refractivity contribution in [1.29, 1.82) is 0 Å². The van der Waals surface area contributed by atoms with E-state index in [0.717, 1.165) is 0 Å². The smallest absolute Gasteiger partial charge is 0.338 e. The van der Waals surface area contributed by atoms with E-state index in [1.807, 2.05) is 12.1 Å². The van der Waals surface area contributed by atoms with E-state index in [1.165, 1.54) is 0 Å². The standard InChI is InChI=1S/C24H26O8/c1-24(2)31-20-18(13-27-22(25)16-9-5-3-6-10-16)29-15-30-19(21(20)32-24)14-28-23(26)17-11-7-4-8-12-17/h3-12,18-21H,13-15H2,1-2H3/t18-,19-,20-,21-/m1/s1. The molecule has 0 saturated carbocycles. The van der Waals surface area contributed by atoms with E-state index in [-0.39, 0.29) is 20.0 Å². The molecule has 0 radical (unpaired) electrons. The lowest BCUT2D eigenvalue weighted by atomic mass is 10.0. The van der Waals surface area contributed by atoms with Crippen molar-refractivity contribution in [3.05, 3.63) is 71.8 Å². The lowest BCUT2D eigenvalue weighted by Gasteiger charge is -2.24. The Labute approximate surface area is 186 Å². The lowest BCUT2D eigenvalue weighted by molar-refractivity contribution is -0.201. The van der Waals surface area contributed by atoms with Crippen LogP contribution in [-0.2, 0) is 28.4 Å². The van der Waals surface area contributed by atoms with Crippen LogP contribution < -0.4 is 0 Å². The van der Waals surface area contributed by atoms with Crippen molar-refractivity contribution in [1.82, 2.24) is 0 Å². The van der Waals surface area contributed by atoms with Gasteiger partial charge in [-0.15, -0.1) is 0 Å². The second-order valence-corrected chi connectivity index (χ2v) is 8.02. The van der Waals surface area contributed by atoms with Crippen LogP contribution >= 0.6 is 0 Å². The summed E-state index contributed by atoms with van der Waals surface area (Å²) in [6.45, 7) is 3.41. The molecule has 2 aromatic carbocycles. The molecule has 0 spiro atoms. The zero-order valence-electron chi connectivity index (χ0n) is 18.0. The topological polar surface area (TPSA) is 89.5 Å². The molecule has 2 aromatic rings. The Morgan fingerprint density at radius 2 is 1.19 bits per heavy atom. The van der Waals surface area contributed by atoms with Crippen molar-refractivity contribution < 1.29 is 38.0 Å². The Morgan fingerprint density at radius 1 is 0.781 bits per heavy atom. The van der Waals surface area contributed by atoms with Crippen LogP contribution in [0.5, 0.6) is 0 Å². The molecule has 0 N–H and O–H groups in total. The summed E-state index contributed by atoms with van der Waals surface area (Å²) < 4.78 is 34.5. The summed E-state index contributed by atoms with van der Waals surface area (Å²) in [5.41, 5.74) is 0.895. The van der Waals surface area contributed by atoms with Gasteiger partial charge in [-0.1, -0.05) is 36.4 Å². The van der Waals surface area contributed by atoms with E-state index in [9.17, 15) is 9.59 Å². The monoisotopic (exact) mass is 442 g/mol. The Hall–Kier alpha value is -2.78. The highest BCUT2D eigenvalue weighted by Gasteiger charge is 2.51. The molecule has 2 saturated heterocycles. The third-order valence-electron chi connectivity index (χ3n) is 5.24. The maximum absolute atomic E-state index is 12.3. The van der Waals surface area contributed by atoms with E-state index in [0.29, 0.717) is 11.1 Å². The fourth-order valence-corrected chi connectivity index (χ4v) is 3.71. The fraction of sp³-hybridized carbons (Fsp3) is 0.417. The lowest BCUT2D eigenvalue weighted by Crippen LogP contribution is -2.45. The molecule has 8 heteroatoms. The van der Waals surface area contributed by atoms with Crippen LogP contribution in [0.3, 0.4) is 0 Å². The van der Waals surface area contributed by atoms with Gasteiger partial charge in [0.1, 0.15) is 44.4 Å². The summed E-state index contributed by atoms with van der Waals surface area (Å²) >= 11 is 0. The average molecular weight is 442 g/mol. The van der Waals surface area contributed by atoms with Gasteiger partial charge in [-0.25, -0.2) is 9.59 Å². The van der Waals surface area contributed by atoms with Crippen LogP contribution in [0, 0.1) is 0 Å². The number of benzene rings is 2. The summed E-state index contributed by atoms with van der Waals surface area (Å²) in [4.78, 5) is 24.7. The Balaban J connectivity index is 1.40. The molecule has 0 amide bonds. The maximum Gasteiger partial charge on any atom is 0.338 e. The van der Waals surface area contributed by atoms with Crippen molar-refractivity contribution >= 4 is 11.9 Å². The Bertz CT molecular complexity index is 841. The molecule has 4 atom stereocenters. The first-order valence-corrected chi connectivity index (χ1v) is 10.5. The van der Waals surface area contributed by atoms with Crippen molar-refractivity contribution in [3.63, 3.8) is 0 Å². The zero-order chi connectivity index (χ0) is 22.6. The van der Waals surface area contributed by atoms with Gasteiger partial charge in [0.2, 0.25) is 0 Å². The molecule has 2 aliphatic heterocycles. The van der Waals surface area contributed by atoms with Gasteiger partial charge in [0.15, 0.2) is 5.79 Å². The average Bonchev–Trinajstić information content (AvgIpc) is 3.05. The molecule has 4 rings (SSSR count). The summed E-state index contributed by atoms with van der Waals surface area (Å²) in [5.74, 6) is -1.81. The molecule has 170 valence electrons. The molecule has 0 bridgehead atoms. The SMILES string of the molecule is CC1(C)O[C@H]2[C@H](O1)[C@@H](COC(=O)c1ccccc1)OCO[C@@H]2COC(=O)c1ccccc1. The molecule has 2 heterocycles. The van der Waals surface area contributed by atoms with Gasteiger partial charge < -0.3 is 28.4 Å². The third-order valence-corrected chi connectivity index (χ3v) is 5.24. The minimum atomic E-state index is -0.900. The molecule has 0 unspecified atom stereocenters. The number of ether oxygens (including phenoxy) is 6. The largest absolute Gasteiger partial charge is 0.459 e. The number of rotatable bonds is 6. The van der Waals surface area contributed by atoms with Crippen LogP contribution in [0.15, 0.2) is 60.7 Å².